The van der Waals surface area contributed by atoms with Gasteiger partial charge >= 0.3 is 5.97 Å². The number of guanidine groups is 1. The fraction of sp³-hybridized carbons (Fsp3) is 0.611. The molecule has 0 saturated heterocycles. The molecule has 4 unspecified atom stereocenters. The van der Waals surface area contributed by atoms with Crippen LogP contribution in [-0.4, -0.2) is 77.3 Å². The molecule has 16 heteroatoms. The molecule has 0 aromatic heterocycles. The van der Waals surface area contributed by atoms with Crippen LogP contribution in [0.4, 0.5) is 0 Å². The van der Waals surface area contributed by atoms with Gasteiger partial charge in [-0.25, -0.2) is 0 Å². The third kappa shape index (κ3) is 12.8. The highest BCUT2D eigenvalue weighted by molar-refractivity contribution is 5.96. The third-order valence-corrected chi connectivity index (χ3v) is 4.38. The van der Waals surface area contributed by atoms with E-state index in [1.807, 2.05) is 0 Å². The van der Waals surface area contributed by atoms with Crippen LogP contribution in [0.5, 0.6) is 0 Å². The SMILES string of the molecule is CC(NC(=O)C(CC(N)=O)NC(=O)C(CCCN=C(N)N)NC(=O)C(N)CCC(N)=O)C(=O)O. The van der Waals surface area contributed by atoms with Gasteiger partial charge in [-0.05, 0) is 26.2 Å². The molecule has 0 saturated carbocycles. The maximum atomic E-state index is 12.8. The smallest absolute Gasteiger partial charge is 0.325 e. The topological polar surface area (TPSA) is 301 Å². The van der Waals surface area contributed by atoms with E-state index in [1.165, 1.54) is 6.92 Å². The molecule has 192 valence electrons. The van der Waals surface area contributed by atoms with Gasteiger partial charge in [-0.3, -0.25) is 33.8 Å². The lowest BCUT2D eigenvalue weighted by Gasteiger charge is -2.24. The van der Waals surface area contributed by atoms with Crippen LogP contribution in [0, 0.1) is 0 Å². The minimum Gasteiger partial charge on any atom is -0.480 e. The minimum absolute atomic E-state index is 0.00727. The summed E-state index contributed by atoms with van der Waals surface area (Å²) in [5.74, 6) is -5.72. The van der Waals surface area contributed by atoms with Crippen LogP contribution in [0.25, 0.3) is 0 Å². The van der Waals surface area contributed by atoms with E-state index in [2.05, 4.69) is 20.9 Å². The van der Waals surface area contributed by atoms with Crippen LogP contribution < -0.4 is 44.6 Å². The fourth-order valence-corrected chi connectivity index (χ4v) is 2.54. The summed E-state index contributed by atoms with van der Waals surface area (Å²) in [4.78, 5) is 74.6. The number of nitrogens with zero attached hydrogens (tertiary/aromatic N) is 1. The summed E-state index contributed by atoms with van der Waals surface area (Å²) in [6.45, 7) is 1.31. The number of primary amides is 2. The lowest BCUT2D eigenvalue weighted by Crippen LogP contribution is -2.57. The van der Waals surface area contributed by atoms with Gasteiger partial charge in [0.05, 0.1) is 12.5 Å². The summed E-state index contributed by atoms with van der Waals surface area (Å²) in [6, 6.07) is -5.20. The number of carboxylic acid groups (broad SMARTS) is 1. The maximum absolute atomic E-state index is 12.8. The highest BCUT2D eigenvalue weighted by Crippen LogP contribution is 2.04. The van der Waals surface area contributed by atoms with Gasteiger partial charge in [-0.1, -0.05) is 0 Å². The molecule has 0 aromatic carbocycles. The quantitative estimate of drug-likeness (QED) is 0.0567. The molecule has 4 atom stereocenters. The second-order valence-electron chi connectivity index (χ2n) is 7.42. The van der Waals surface area contributed by atoms with Crippen molar-refractivity contribution >= 4 is 41.5 Å². The van der Waals surface area contributed by atoms with E-state index in [1.54, 1.807) is 0 Å². The number of hydrogen-bond acceptors (Lipinski definition) is 8. The lowest BCUT2D eigenvalue weighted by atomic mass is 10.1. The summed E-state index contributed by atoms with van der Waals surface area (Å²) < 4.78 is 0. The molecule has 0 spiro atoms. The maximum Gasteiger partial charge on any atom is 0.325 e. The van der Waals surface area contributed by atoms with Gasteiger partial charge in [0, 0.05) is 13.0 Å². The summed E-state index contributed by atoms with van der Waals surface area (Å²) in [7, 11) is 0. The Balaban J connectivity index is 5.47. The van der Waals surface area contributed by atoms with Gasteiger partial charge in [0.15, 0.2) is 5.96 Å². The van der Waals surface area contributed by atoms with E-state index < -0.39 is 66.1 Å². The van der Waals surface area contributed by atoms with Crippen LogP contribution in [0.3, 0.4) is 0 Å². The Morgan fingerprint density at radius 1 is 0.824 bits per heavy atom. The van der Waals surface area contributed by atoms with Crippen molar-refractivity contribution in [1.29, 1.82) is 0 Å². The number of nitrogens with one attached hydrogen (secondary N) is 3. The monoisotopic (exact) mass is 487 g/mol. The molecule has 5 amide bonds. The number of amides is 5. The zero-order chi connectivity index (χ0) is 26.4. The van der Waals surface area contributed by atoms with Crippen molar-refractivity contribution < 1.29 is 33.9 Å². The van der Waals surface area contributed by atoms with E-state index in [0.29, 0.717) is 0 Å². The van der Waals surface area contributed by atoms with E-state index in [-0.39, 0.29) is 38.2 Å². The highest BCUT2D eigenvalue weighted by atomic mass is 16.4. The Hall–Kier alpha value is -3.95. The lowest BCUT2D eigenvalue weighted by molar-refractivity contribution is -0.142. The number of aliphatic carboxylic acids is 1. The first-order chi connectivity index (χ1) is 15.7. The van der Waals surface area contributed by atoms with E-state index >= 15 is 0 Å². The van der Waals surface area contributed by atoms with Gasteiger partial charge in [-0.15, -0.1) is 0 Å². The van der Waals surface area contributed by atoms with Gasteiger partial charge in [-0.2, -0.15) is 0 Å². The van der Waals surface area contributed by atoms with Crippen molar-refractivity contribution in [2.45, 2.75) is 63.2 Å². The molecule has 14 N–H and O–H groups in total. The van der Waals surface area contributed by atoms with E-state index in [0.717, 1.165) is 0 Å². The molecule has 0 aromatic rings. The van der Waals surface area contributed by atoms with Crippen molar-refractivity contribution in [3.63, 3.8) is 0 Å². The molecule has 0 bridgehead atoms. The normalized spacial score (nSPS) is 13.9. The number of carboxylic acids is 1. The molecular formula is C18H33N9O7. The van der Waals surface area contributed by atoms with Crippen molar-refractivity contribution in [1.82, 2.24) is 16.0 Å². The van der Waals surface area contributed by atoms with Crippen LogP contribution in [-0.2, 0) is 28.8 Å². The first-order valence-electron chi connectivity index (χ1n) is 10.3. The second kappa shape index (κ2) is 15.0. The number of rotatable bonds is 16. The van der Waals surface area contributed by atoms with E-state index in [4.69, 9.17) is 33.8 Å². The minimum atomic E-state index is -1.51. The van der Waals surface area contributed by atoms with Gasteiger partial charge in [0.25, 0.3) is 0 Å². The Morgan fingerprint density at radius 2 is 1.38 bits per heavy atom. The Kier molecular flexibility index (Phi) is 13.2. The average Bonchev–Trinajstić information content (AvgIpc) is 2.72. The standard InChI is InChI=1S/C18H33N9O7/c1-8(17(33)34)25-16(32)11(7-13(21)29)27-15(31)10(3-2-6-24-18(22)23)26-14(30)9(19)4-5-12(20)28/h8-11H,2-7,19H2,1H3,(H2,20,28)(H2,21,29)(H,25,32)(H,26,30)(H,27,31)(H,33,34)(H4,22,23,24). The zero-order valence-electron chi connectivity index (χ0n) is 18.8. The molecule has 0 fully saturated rings. The zero-order valence-corrected chi connectivity index (χ0v) is 18.8. The predicted molar refractivity (Wildman–Crippen MR) is 119 cm³/mol. The van der Waals surface area contributed by atoms with Gasteiger partial charge in [0.2, 0.25) is 29.5 Å². The summed E-state index contributed by atoms with van der Waals surface area (Å²) in [6.07, 6.45) is -0.610. The first kappa shape index (κ1) is 30.1. The third-order valence-electron chi connectivity index (χ3n) is 4.38. The molecule has 0 aliphatic rings. The Labute approximate surface area is 195 Å². The van der Waals surface area contributed by atoms with E-state index in [9.17, 15) is 28.8 Å². The summed E-state index contributed by atoms with van der Waals surface area (Å²) in [5, 5.41) is 15.7. The average molecular weight is 488 g/mol. The first-order valence-corrected chi connectivity index (χ1v) is 10.3. The molecule has 16 nitrogen and oxygen atoms in total. The van der Waals surface area contributed by atoms with Crippen molar-refractivity contribution in [3.8, 4) is 0 Å². The Bertz CT molecular complexity index is 799. The second-order valence-corrected chi connectivity index (χ2v) is 7.42. The number of aliphatic imine (C=N–C) groups is 1. The van der Waals surface area contributed by atoms with Crippen LogP contribution >= 0.6 is 0 Å². The van der Waals surface area contributed by atoms with Crippen LogP contribution in [0.15, 0.2) is 4.99 Å². The van der Waals surface area contributed by atoms with Gasteiger partial charge < -0.3 is 49.7 Å². The summed E-state index contributed by atoms with van der Waals surface area (Å²) in [5.41, 5.74) is 26.4. The molecule has 0 radical (unpaired) electrons. The molecule has 0 aliphatic carbocycles. The van der Waals surface area contributed by atoms with Crippen LogP contribution in [0.2, 0.25) is 0 Å². The molecule has 0 rings (SSSR count). The molecule has 0 heterocycles. The molecule has 34 heavy (non-hydrogen) atoms. The largest absolute Gasteiger partial charge is 0.480 e. The predicted octanol–water partition coefficient (Wildman–Crippen LogP) is -4.93. The number of carbonyl (C=O) groups excluding carboxylic acids is 5. The molecule has 0 aliphatic heterocycles. The number of carbonyl (C=O) groups is 6. The molecular weight excluding hydrogens is 454 g/mol. The fourth-order valence-electron chi connectivity index (χ4n) is 2.54. The van der Waals surface area contributed by atoms with Crippen molar-refractivity contribution in [2.24, 2.45) is 33.7 Å². The van der Waals surface area contributed by atoms with Gasteiger partial charge in [0.1, 0.15) is 18.1 Å². The number of hydrogen-bond donors (Lipinski definition) is 9. The highest BCUT2D eigenvalue weighted by Gasteiger charge is 2.30. The van der Waals surface area contributed by atoms with Crippen molar-refractivity contribution in [3.05, 3.63) is 0 Å². The van der Waals surface area contributed by atoms with Crippen molar-refractivity contribution in [2.75, 3.05) is 6.54 Å². The Morgan fingerprint density at radius 3 is 1.88 bits per heavy atom. The van der Waals surface area contributed by atoms with Crippen LogP contribution in [0.1, 0.15) is 39.0 Å². The number of nitrogens with two attached hydrogens (primary N) is 5. The summed E-state index contributed by atoms with van der Waals surface area (Å²) >= 11 is 0.